The zero-order valence-corrected chi connectivity index (χ0v) is 12.7. The van der Waals surface area contributed by atoms with Gasteiger partial charge < -0.3 is 14.2 Å². The average molecular weight is 309 g/mol. The van der Waals surface area contributed by atoms with Crippen molar-refractivity contribution in [3.05, 3.63) is 34.9 Å². The smallest absolute Gasteiger partial charge is 0.225 e. The van der Waals surface area contributed by atoms with Crippen molar-refractivity contribution in [2.75, 3.05) is 25.1 Å². The number of hydrogen-bond acceptors (Lipinski definition) is 6. The van der Waals surface area contributed by atoms with Gasteiger partial charge in [0.25, 0.3) is 0 Å². The van der Waals surface area contributed by atoms with Crippen molar-refractivity contribution in [3.63, 3.8) is 0 Å². The van der Waals surface area contributed by atoms with E-state index in [0.717, 1.165) is 31.0 Å². The lowest BCUT2D eigenvalue weighted by Gasteiger charge is -2.15. The molecule has 21 heavy (non-hydrogen) atoms. The molecule has 0 radical (unpaired) electrons. The number of aromatic nitrogens is 3. The molecule has 0 bridgehead atoms. The second kappa shape index (κ2) is 5.99. The standard InChI is InChI=1S/C14H17ClN4O2/c1-9-3-12(21-18-9)4-10-7-19(8-13(10)20-2)14-16-5-11(15)6-17-14/h3,5-6,10,13H,4,7-8H2,1-2H3/t10-,13+/m1/s1. The second-order valence-electron chi connectivity index (χ2n) is 5.28. The lowest BCUT2D eigenvalue weighted by molar-refractivity contribution is 0.0812. The number of ether oxygens (including phenoxy) is 1. The number of hydrogen-bond donors (Lipinski definition) is 0. The molecular weight excluding hydrogens is 292 g/mol. The van der Waals surface area contributed by atoms with Crippen LogP contribution in [0.3, 0.4) is 0 Å². The first-order valence-electron chi connectivity index (χ1n) is 6.83. The Bertz CT molecular complexity index is 601. The summed E-state index contributed by atoms with van der Waals surface area (Å²) >= 11 is 5.83. The quantitative estimate of drug-likeness (QED) is 0.862. The minimum Gasteiger partial charge on any atom is -0.379 e. The van der Waals surface area contributed by atoms with Gasteiger partial charge in [-0.25, -0.2) is 9.97 Å². The summed E-state index contributed by atoms with van der Waals surface area (Å²) in [5.41, 5.74) is 0.898. The summed E-state index contributed by atoms with van der Waals surface area (Å²) in [6.07, 6.45) is 4.14. The fourth-order valence-electron chi connectivity index (χ4n) is 2.71. The maximum absolute atomic E-state index is 5.83. The molecule has 2 atom stereocenters. The number of anilines is 1. The molecular formula is C14H17ClN4O2. The van der Waals surface area contributed by atoms with Gasteiger partial charge in [-0.1, -0.05) is 16.8 Å². The van der Waals surface area contributed by atoms with Crippen LogP contribution in [0.5, 0.6) is 0 Å². The van der Waals surface area contributed by atoms with E-state index in [4.69, 9.17) is 20.9 Å². The second-order valence-corrected chi connectivity index (χ2v) is 5.72. The Morgan fingerprint density at radius 1 is 1.38 bits per heavy atom. The van der Waals surface area contributed by atoms with Gasteiger partial charge in [-0.3, -0.25) is 0 Å². The molecule has 0 spiro atoms. The van der Waals surface area contributed by atoms with Crippen LogP contribution in [0.1, 0.15) is 11.5 Å². The van der Waals surface area contributed by atoms with E-state index >= 15 is 0 Å². The average Bonchev–Trinajstić information content (AvgIpc) is 3.06. The van der Waals surface area contributed by atoms with Gasteiger partial charge in [0.1, 0.15) is 5.76 Å². The molecule has 1 saturated heterocycles. The van der Waals surface area contributed by atoms with Crippen LogP contribution >= 0.6 is 11.6 Å². The molecule has 3 rings (SSSR count). The SMILES string of the molecule is CO[C@H]1CN(c2ncc(Cl)cn2)C[C@H]1Cc1cc(C)no1. The highest BCUT2D eigenvalue weighted by Crippen LogP contribution is 2.26. The van der Waals surface area contributed by atoms with Gasteiger partial charge in [0.05, 0.1) is 29.2 Å². The Balaban J connectivity index is 1.71. The highest BCUT2D eigenvalue weighted by Gasteiger charge is 2.34. The van der Waals surface area contributed by atoms with Crippen molar-refractivity contribution in [2.45, 2.75) is 19.4 Å². The molecule has 3 heterocycles. The normalized spacial score (nSPS) is 22.0. The molecule has 1 aliphatic rings. The lowest BCUT2D eigenvalue weighted by Crippen LogP contribution is -2.24. The number of halogens is 1. The van der Waals surface area contributed by atoms with Gasteiger partial charge in [0.2, 0.25) is 5.95 Å². The first-order valence-corrected chi connectivity index (χ1v) is 7.21. The topological polar surface area (TPSA) is 64.3 Å². The Kier molecular flexibility index (Phi) is 4.07. The Morgan fingerprint density at radius 3 is 2.76 bits per heavy atom. The number of methoxy groups -OCH3 is 1. The van der Waals surface area contributed by atoms with Gasteiger partial charge in [-0.15, -0.1) is 0 Å². The van der Waals surface area contributed by atoms with Crippen LogP contribution in [-0.2, 0) is 11.2 Å². The number of rotatable bonds is 4. The zero-order valence-electron chi connectivity index (χ0n) is 12.0. The summed E-state index contributed by atoms with van der Waals surface area (Å²) in [4.78, 5) is 10.6. The molecule has 0 aliphatic carbocycles. The molecule has 112 valence electrons. The van der Waals surface area contributed by atoms with Crippen LogP contribution in [0.2, 0.25) is 5.02 Å². The zero-order chi connectivity index (χ0) is 14.8. The number of aryl methyl sites for hydroxylation is 1. The summed E-state index contributed by atoms with van der Waals surface area (Å²) in [6, 6.07) is 1.97. The predicted molar refractivity (Wildman–Crippen MR) is 78.5 cm³/mol. The van der Waals surface area contributed by atoms with E-state index in [0.29, 0.717) is 16.9 Å². The van der Waals surface area contributed by atoms with Crippen molar-refractivity contribution < 1.29 is 9.26 Å². The van der Waals surface area contributed by atoms with Crippen molar-refractivity contribution in [2.24, 2.45) is 5.92 Å². The molecule has 0 saturated carbocycles. The third-order valence-corrected chi connectivity index (χ3v) is 3.91. The van der Waals surface area contributed by atoms with Crippen LogP contribution in [0, 0.1) is 12.8 Å². The fourth-order valence-corrected chi connectivity index (χ4v) is 2.81. The van der Waals surface area contributed by atoms with E-state index < -0.39 is 0 Å². The Labute approximate surface area is 128 Å². The highest BCUT2D eigenvalue weighted by molar-refractivity contribution is 6.30. The van der Waals surface area contributed by atoms with Gasteiger partial charge in [0.15, 0.2) is 0 Å². The highest BCUT2D eigenvalue weighted by atomic mass is 35.5. The van der Waals surface area contributed by atoms with Crippen LogP contribution in [0.4, 0.5) is 5.95 Å². The van der Waals surface area contributed by atoms with E-state index in [1.807, 2.05) is 13.0 Å². The Morgan fingerprint density at radius 2 is 2.14 bits per heavy atom. The molecule has 1 aliphatic heterocycles. The minimum atomic E-state index is 0.120. The first kappa shape index (κ1) is 14.3. The molecule has 7 heteroatoms. The maximum atomic E-state index is 5.83. The summed E-state index contributed by atoms with van der Waals surface area (Å²) in [6.45, 7) is 3.50. The van der Waals surface area contributed by atoms with Gasteiger partial charge in [-0.05, 0) is 6.92 Å². The van der Waals surface area contributed by atoms with Gasteiger partial charge in [-0.2, -0.15) is 0 Å². The molecule has 0 N–H and O–H groups in total. The third kappa shape index (κ3) is 3.16. The molecule has 6 nitrogen and oxygen atoms in total. The van der Waals surface area contributed by atoms with Gasteiger partial charge >= 0.3 is 0 Å². The van der Waals surface area contributed by atoms with Crippen molar-refractivity contribution >= 4 is 17.5 Å². The minimum absolute atomic E-state index is 0.120. The molecule has 0 amide bonds. The van der Waals surface area contributed by atoms with Crippen LogP contribution in [0.25, 0.3) is 0 Å². The fraction of sp³-hybridized carbons (Fsp3) is 0.500. The molecule has 2 aromatic heterocycles. The summed E-state index contributed by atoms with van der Waals surface area (Å²) < 4.78 is 10.9. The van der Waals surface area contributed by atoms with Crippen molar-refractivity contribution in [1.29, 1.82) is 0 Å². The van der Waals surface area contributed by atoms with E-state index in [1.54, 1.807) is 19.5 Å². The van der Waals surface area contributed by atoms with Crippen LogP contribution < -0.4 is 4.90 Å². The van der Waals surface area contributed by atoms with Gasteiger partial charge in [0, 0.05) is 38.6 Å². The molecule has 2 aromatic rings. The monoisotopic (exact) mass is 308 g/mol. The summed E-state index contributed by atoms with van der Waals surface area (Å²) in [7, 11) is 1.73. The molecule has 1 fully saturated rings. The van der Waals surface area contributed by atoms with Crippen LogP contribution in [-0.4, -0.2) is 41.4 Å². The maximum Gasteiger partial charge on any atom is 0.225 e. The lowest BCUT2D eigenvalue weighted by atomic mass is 10.0. The van der Waals surface area contributed by atoms with E-state index in [1.165, 1.54) is 0 Å². The van der Waals surface area contributed by atoms with E-state index in [2.05, 4.69) is 20.0 Å². The largest absolute Gasteiger partial charge is 0.379 e. The Hall–Kier alpha value is -1.66. The van der Waals surface area contributed by atoms with Crippen LogP contribution in [0.15, 0.2) is 23.0 Å². The molecule has 0 aromatic carbocycles. The van der Waals surface area contributed by atoms with E-state index in [-0.39, 0.29) is 6.10 Å². The predicted octanol–water partition coefficient (Wildman–Crippen LogP) is 2.12. The summed E-state index contributed by atoms with van der Waals surface area (Å²) in [5.74, 6) is 1.89. The molecule has 0 unspecified atom stereocenters. The summed E-state index contributed by atoms with van der Waals surface area (Å²) in [5, 5.41) is 4.46. The van der Waals surface area contributed by atoms with Crippen molar-refractivity contribution in [1.82, 2.24) is 15.1 Å². The first-order chi connectivity index (χ1) is 10.2. The number of nitrogens with zero attached hydrogens (tertiary/aromatic N) is 4. The van der Waals surface area contributed by atoms with E-state index in [9.17, 15) is 0 Å². The third-order valence-electron chi connectivity index (χ3n) is 3.71. The van der Waals surface area contributed by atoms with Crippen molar-refractivity contribution in [3.8, 4) is 0 Å².